The zero-order chi connectivity index (χ0) is 12.2. The summed E-state index contributed by atoms with van der Waals surface area (Å²) in [5.41, 5.74) is 1.99. The summed E-state index contributed by atoms with van der Waals surface area (Å²) in [5.74, 6) is 0.706. The maximum absolute atomic E-state index is 4.47. The van der Waals surface area contributed by atoms with E-state index in [9.17, 15) is 0 Å². The van der Waals surface area contributed by atoms with Gasteiger partial charge in [-0.25, -0.2) is 9.97 Å². The zero-order valence-corrected chi connectivity index (χ0v) is 9.69. The summed E-state index contributed by atoms with van der Waals surface area (Å²) in [4.78, 5) is 12.8. The molecule has 0 aliphatic rings. The summed E-state index contributed by atoms with van der Waals surface area (Å²) in [7, 11) is 0. The highest BCUT2D eigenvalue weighted by Gasteiger charge is 1.95. The normalized spacial score (nSPS) is 11.1. The van der Waals surface area contributed by atoms with Crippen molar-refractivity contribution in [2.24, 2.45) is 0 Å². The van der Waals surface area contributed by atoms with Gasteiger partial charge in [0.15, 0.2) is 5.82 Å². The molecule has 0 fully saturated rings. The molecule has 3 aromatic rings. The highest BCUT2D eigenvalue weighted by atomic mass is 14.9. The van der Waals surface area contributed by atoms with E-state index in [0.29, 0.717) is 5.82 Å². The fourth-order valence-electron chi connectivity index (χ4n) is 1.71. The standard InChI is InChI=1S/C15H11N3/c1-2-6-14-13(5-1)11-17-15(18-14)8-7-12-4-3-9-16-10-12/h1-11H/b8-7+. The van der Waals surface area contributed by atoms with Gasteiger partial charge in [0.05, 0.1) is 5.52 Å². The van der Waals surface area contributed by atoms with Crippen LogP contribution in [0.1, 0.15) is 11.4 Å². The van der Waals surface area contributed by atoms with Gasteiger partial charge in [-0.1, -0.05) is 24.3 Å². The van der Waals surface area contributed by atoms with Crippen LogP contribution in [0.25, 0.3) is 23.1 Å². The topological polar surface area (TPSA) is 38.7 Å². The van der Waals surface area contributed by atoms with Gasteiger partial charge in [0, 0.05) is 24.0 Å². The Hall–Kier alpha value is -2.55. The smallest absolute Gasteiger partial charge is 0.152 e. The first-order valence-corrected chi connectivity index (χ1v) is 5.72. The van der Waals surface area contributed by atoms with Gasteiger partial charge in [-0.15, -0.1) is 0 Å². The first-order valence-electron chi connectivity index (χ1n) is 5.72. The lowest BCUT2D eigenvalue weighted by molar-refractivity contribution is 1.19. The average molecular weight is 233 g/mol. The second kappa shape index (κ2) is 4.75. The SMILES string of the molecule is C(=C\c1ncc2ccccc2n1)/c1cccnc1. The van der Waals surface area contributed by atoms with Crippen LogP contribution in [0, 0.1) is 0 Å². The minimum absolute atomic E-state index is 0.706. The number of benzene rings is 1. The molecule has 0 unspecified atom stereocenters. The van der Waals surface area contributed by atoms with Crippen molar-refractivity contribution in [1.82, 2.24) is 15.0 Å². The molecule has 3 rings (SSSR count). The number of pyridine rings is 1. The van der Waals surface area contributed by atoms with E-state index in [2.05, 4.69) is 15.0 Å². The summed E-state index contributed by atoms with van der Waals surface area (Å²) >= 11 is 0. The quantitative estimate of drug-likeness (QED) is 0.682. The van der Waals surface area contributed by atoms with Crippen LogP contribution in [0.5, 0.6) is 0 Å². The number of hydrogen-bond donors (Lipinski definition) is 0. The molecule has 0 saturated heterocycles. The van der Waals surface area contributed by atoms with Gasteiger partial charge in [-0.2, -0.15) is 0 Å². The highest BCUT2D eigenvalue weighted by Crippen LogP contribution is 2.11. The van der Waals surface area contributed by atoms with Crippen molar-refractivity contribution >= 4 is 23.1 Å². The molecule has 1 aromatic carbocycles. The van der Waals surface area contributed by atoms with E-state index in [4.69, 9.17) is 0 Å². The molecule has 2 aromatic heterocycles. The van der Waals surface area contributed by atoms with Crippen LogP contribution in [0.2, 0.25) is 0 Å². The molecule has 0 aliphatic heterocycles. The molecule has 0 N–H and O–H groups in total. The molecule has 3 heteroatoms. The van der Waals surface area contributed by atoms with E-state index >= 15 is 0 Å². The van der Waals surface area contributed by atoms with Crippen molar-refractivity contribution in [3.05, 3.63) is 66.4 Å². The van der Waals surface area contributed by atoms with Crippen molar-refractivity contribution in [2.45, 2.75) is 0 Å². The van der Waals surface area contributed by atoms with Crippen LogP contribution in [0.4, 0.5) is 0 Å². The largest absolute Gasteiger partial charge is 0.264 e. The van der Waals surface area contributed by atoms with E-state index in [0.717, 1.165) is 16.5 Å². The molecule has 0 spiro atoms. The van der Waals surface area contributed by atoms with Crippen LogP contribution >= 0.6 is 0 Å². The van der Waals surface area contributed by atoms with Gasteiger partial charge in [0.2, 0.25) is 0 Å². The van der Waals surface area contributed by atoms with Crippen LogP contribution in [0.3, 0.4) is 0 Å². The minimum Gasteiger partial charge on any atom is -0.264 e. The lowest BCUT2D eigenvalue weighted by Gasteiger charge is -1.97. The van der Waals surface area contributed by atoms with Gasteiger partial charge in [0.1, 0.15) is 0 Å². The van der Waals surface area contributed by atoms with Crippen LogP contribution in [0.15, 0.2) is 55.0 Å². The molecule has 0 radical (unpaired) electrons. The Morgan fingerprint density at radius 2 is 1.83 bits per heavy atom. The van der Waals surface area contributed by atoms with E-state index in [1.807, 2.05) is 54.7 Å². The second-order valence-electron chi connectivity index (χ2n) is 3.91. The number of hydrogen-bond acceptors (Lipinski definition) is 3. The summed E-state index contributed by atoms with van der Waals surface area (Å²) in [5, 5.41) is 1.05. The molecular weight excluding hydrogens is 222 g/mol. The Morgan fingerprint density at radius 1 is 0.889 bits per heavy atom. The van der Waals surface area contributed by atoms with E-state index < -0.39 is 0 Å². The molecule has 0 bridgehead atoms. The van der Waals surface area contributed by atoms with Gasteiger partial charge in [-0.3, -0.25) is 4.98 Å². The summed E-state index contributed by atoms with van der Waals surface area (Å²) in [6, 6.07) is 11.8. The fourth-order valence-corrected chi connectivity index (χ4v) is 1.71. The third-order valence-electron chi connectivity index (χ3n) is 2.62. The Kier molecular flexibility index (Phi) is 2.80. The molecule has 0 amide bonds. The lowest BCUT2D eigenvalue weighted by atomic mass is 10.2. The number of nitrogens with zero attached hydrogens (tertiary/aromatic N) is 3. The molecule has 18 heavy (non-hydrogen) atoms. The van der Waals surface area contributed by atoms with Crippen LogP contribution in [-0.4, -0.2) is 15.0 Å². The maximum atomic E-state index is 4.47. The van der Waals surface area contributed by atoms with Gasteiger partial charge < -0.3 is 0 Å². The van der Waals surface area contributed by atoms with Gasteiger partial charge in [-0.05, 0) is 29.8 Å². The van der Waals surface area contributed by atoms with Crippen molar-refractivity contribution in [1.29, 1.82) is 0 Å². The van der Waals surface area contributed by atoms with Crippen molar-refractivity contribution in [2.75, 3.05) is 0 Å². The molecule has 0 atom stereocenters. The summed E-state index contributed by atoms with van der Waals surface area (Å²) in [6.07, 6.45) is 9.24. The number of rotatable bonds is 2. The predicted molar refractivity (Wildman–Crippen MR) is 72.7 cm³/mol. The first kappa shape index (κ1) is 10.6. The summed E-state index contributed by atoms with van der Waals surface area (Å²) < 4.78 is 0. The number of para-hydroxylation sites is 1. The maximum Gasteiger partial charge on any atom is 0.152 e. The third kappa shape index (κ3) is 2.25. The van der Waals surface area contributed by atoms with Crippen molar-refractivity contribution in [3.8, 4) is 0 Å². The second-order valence-corrected chi connectivity index (χ2v) is 3.91. The Labute approximate surface area is 105 Å². The van der Waals surface area contributed by atoms with Gasteiger partial charge in [0.25, 0.3) is 0 Å². The van der Waals surface area contributed by atoms with E-state index in [1.165, 1.54) is 0 Å². The van der Waals surface area contributed by atoms with Crippen LogP contribution < -0.4 is 0 Å². The van der Waals surface area contributed by atoms with Crippen LogP contribution in [-0.2, 0) is 0 Å². The Morgan fingerprint density at radius 3 is 2.72 bits per heavy atom. The minimum atomic E-state index is 0.706. The van der Waals surface area contributed by atoms with E-state index in [-0.39, 0.29) is 0 Å². The molecule has 0 aliphatic carbocycles. The van der Waals surface area contributed by atoms with Crippen molar-refractivity contribution < 1.29 is 0 Å². The molecule has 86 valence electrons. The molecular formula is C15H11N3. The Balaban J connectivity index is 1.93. The summed E-state index contributed by atoms with van der Waals surface area (Å²) in [6.45, 7) is 0. The highest BCUT2D eigenvalue weighted by molar-refractivity contribution is 5.79. The first-order chi connectivity index (χ1) is 8.92. The fraction of sp³-hybridized carbons (Fsp3) is 0. The number of aromatic nitrogens is 3. The zero-order valence-electron chi connectivity index (χ0n) is 9.69. The molecule has 2 heterocycles. The van der Waals surface area contributed by atoms with Crippen molar-refractivity contribution in [3.63, 3.8) is 0 Å². The third-order valence-corrected chi connectivity index (χ3v) is 2.62. The van der Waals surface area contributed by atoms with Gasteiger partial charge >= 0.3 is 0 Å². The molecule has 3 nitrogen and oxygen atoms in total. The predicted octanol–water partition coefficient (Wildman–Crippen LogP) is 3.20. The monoisotopic (exact) mass is 233 g/mol. The molecule has 0 saturated carbocycles. The van der Waals surface area contributed by atoms with E-state index in [1.54, 1.807) is 12.4 Å². The number of fused-ring (bicyclic) bond motifs is 1. The Bertz CT molecular complexity index is 690. The average Bonchev–Trinajstić information content (AvgIpc) is 2.46. The lowest BCUT2D eigenvalue weighted by Crippen LogP contribution is -1.87.